The van der Waals surface area contributed by atoms with Gasteiger partial charge in [0.2, 0.25) is 0 Å². The quantitative estimate of drug-likeness (QED) is 0.802. The monoisotopic (exact) mass is 255 g/mol. The summed E-state index contributed by atoms with van der Waals surface area (Å²) in [5.41, 5.74) is 1.19. The van der Waals surface area contributed by atoms with E-state index in [-0.39, 0.29) is 5.82 Å². The lowest BCUT2D eigenvalue weighted by atomic mass is 10.1. The van der Waals surface area contributed by atoms with E-state index < -0.39 is 0 Å². The molecule has 0 saturated carbocycles. The van der Waals surface area contributed by atoms with Crippen LogP contribution in [0.2, 0.25) is 0 Å². The predicted molar refractivity (Wildman–Crippen MR) is 75.1 cm³/mol. The van der Waals surface area contributed by atoms with Crippen molar-refractivity contribution >= 4 is 11.8 Å². The van der Waals surface area contributed by atoms with E-state index in [0.29, 0.717) is 6.04 Å². The highest BCUT2D eigenvalue weighted by molar-refractivity contribution is 7.99. The van der Waals surface area contributed by atoms with E-state index in [2.05, 4.69) is 19.2 Å². The second-order valence-corrected chi connectivity index (χ2v) is 5.82. The molecular formula is C14H22FNS. The molecule has 1 N–H and O–H groups in total. The fraction of sp³-hybridized carbons (Fsp3) is 0.571. The highest BCUT2D eigenvalue weighted by Crippen LogP contribution is 2.12. The minimum Gasteiger partial charge on any atom is -0.316 e. The third kappa shape index (κ3) is 6.08. The zero-order valence-electron chi connectivity index (χ0n) is 10.9. The van der Waals surface area contributed by atoms with E-state index >= 15 is 0 Å². The number of likely N-dealkylation sites (N-methyl/N-ethyl adjacent to an activating group) is 1. The number of hydrogen-bond acceptors (Lipinski definition) is 2. The van der Waals surface area contributed by atoms with Gasteiger partial charge in [-0.2, -0.15) is 11.8 Å². The van der Waals surface area contributed by atoms with Crippen LogP contribution in [-0.4, -0.2) is 24.6 Å². The van der Waals surface area contributed by atoms with Gasteiger partial charge in [0.15, 0.2) is 0 Å². The molecule has 1 unspecified atom stereocenters. The zero-order chi connectivity index (χ0) is 12.7. The van der Waals surface area contributed by atoms with Crippen molar-refractivity contribution in [1.29, 1.82) is 0 Å². The summed E-state index contributed by atoms with van der Waals surface area (Å²) in [7, 11) is 1.99. The average Bonchev–Trinajstić information content (AvgIpc) is 2.30. The van der Waals surface area contributed by atoms with Gasteiger partial charge in [-0.15, -0.1) is 0 Å². The number of rotatable bonds is 7. The van der Waals surface area contributed by atoms with Crippen molar-refractivity contribution < 1.29 is 4.39 Å². The number of nitrogens with one attached hydrogen (secondary N) is 1. The molecule has 3 heteroatoms. The minimum absolute atomic E-state index is 0.163. The van der Waals surface area contributed by atoms with Crippen molar-refractivity contribution in [3.63, 3.8) is 0 Å². The third-order valence-electron chi connectivity index (χ3n) is 2.57. The molecule has 0 aromatic heterocycles. The molecule has 96 valence electrons. The summed E-state index contributed by atoms with van der Waals surface area (Å²) in [6.07, 6.45) is 0.960. The van der Waals surface area contributed by atoms with Crippen LogP contribution in [0.5, 0.6) is 0 Å². The highest BCUT2D eigenvalue weighted by atomic mass is 32.2. The summed E-state index contributed by atoms with van der Waals surface area (Å²) < 4.78 is 12.8. The Balaban J connectivity index is 2.38. The molecule has 0 amide bonds. The Morgan fingerprint density at radius 2 is 1.82 bits per heavy atom. The van der Waals surface area contributed by atoms with Crippen LogP contribution in [-0.2, 0) is 6.42 Å². The SMILES string of the molecule is CNC(CSCC(C)C)Cc1ccc(F)cc1. The van der Waals surface area contributed by atoms with E-state index in [1.165, 1.54) is 23.4 Å². The summed E-state index contributed by atoms with van der Waals surface area (Å²) in [4.78, 5) is 0. The summed E-state index contributed by atoms with van der Waals surface area (Å²) >= 11 is 1.98. The first-order valence-corrected chi connectivity index (χ1v) is 7.26. The van der Waals surface area contributed by atoms with Crippen LogP contribution >= 0.6 is 11.8 Å². The fourth-order valence-corrected chi connectivity index (χ4v) is 2.77. The molecule has 0 saturated heterocycles. The van der Waals surface area contributed by atoms with Gasteiger partial charge in [-0.25, -0.2) is 4.39 Å². The molecule has 0 aliphatic heterocycles. The van der Waals surface area contributed by atoms with Crippen LogP contribution in [0.25, 0.3) is 0 Å². The van der Waals surface area contributed by atoms with E-state index in [4.69, 9.17) is 0 Å². The van der Waals surface area contributed by atoms with Crippen LogP contribution < -0.4 is 5.32 Å². The topological polar surface area (TPSA) is 12.0 Å². The second kappa shape index (κ2) is 7.72. The Hall–Kier alpha value is -0.540. The maximum Gasteiger partial charge on any atom is 0.123 e. The summed E-state index contributed by atoms with van der Waals surface area (Å²) in [6.45, 7) is 4.47. The van der Waals surface area contributed by atoms with E-state index in [1.807, 2.05) is 30.9 Å². The van der Waals surface area contributed by atoms with Crippen molar-refractivity contribution in [2.24, 2.45) is 5.92 Å². The molecule has 0 aliphatic rings. The fourth-order valence-electron chi connectivity index (χ4n) is 1.60. The van der Waals surface area contributed by atoms with Gasteiger partial charge in [0.1, 0.15) is 5.82 Å². The molecular weight excluding hydrogens is 233 g/mol. The largest absolute Gasteiger partial charge is 0.316 e. The first-order chi connectivity index (χ1) is 8.11. The third-order valence-corrected chi connectivity index (χ3v) is 4.11. The summed E-state index contributed by atoms with van der Waals surface area (Å²) in [5.74, 6) is 2.88. The smallest absolute Gasteiger partial charge is 0.123 e. The molecule has 1 aromatic rings. The van der Waals surface area contributed by atoms with Gasteiger partial charge in [-0.3, -0.25) is 0 Å². The maximum absolute atomic E-state index is 12.8. The van der Waals surface area contributed by atoms with Gasteiger partial charge >= 0.3 is 0 Å². The number of benzene rings is 1. The summed E-state index contributed by atoms with van der Waals surface area (Å²) in [6, 6.07) is 7.26. The van der Waals surface area contributed by atoms with Gasteiger partial charge in [0, 0.05) is 11.8 Å². The number of thioether (sulfide) groups is 1. The zero-order valence-corrected chi connectivity index (χ0v) is 11.7. The molecule has 1 rings (SSSR count). The molecule has 0 aliphatic carbocycles. The predicted octanol–water partition coefficient (Wildman–Crippen LogP) is 3.35. The van der Waals surface area contributed by atoms with Gasteiger partial charge in [-0.05, 0) is 42.8 Å². The average molecular weight is 255 g/mol. The Morgan fingerprint density at radius 1 is 1.18 bits per heavy atom. The molecule has 1 atom stereocenters. The van der Waals surface area contributed by atoms with Crippen LogP contribution in [0.15, 0.2) is 24.3 Å². The Bertz CT molecular complexity index is 311. The molecule has 1 aromatic carbocycles. The number of hydrogen-bond donors (Lipinski definition) is 1. The van der Waals surface area contributed by atoms with Crippen molar-refractivity contribution in [3.05, 3.63) is 35.6 Å². The van der Waals surface area contributed by atoms with Crippen LogP contribution in [0.1, 0.15) is 19.4 Å². The highest BCUT2D eigenvalue weighted by Gasteiger charge is 2.08. The Labute approximate surface area is 108 Å². The first kappa shape index (κ1) is 14.5. The van der Waals surface area contributed by atoms with Crippen molar-refractivity contribution in [2.45, 2.75) is 26.3 Å². The van der Waals surface area contributed by atoms with Crippen LogP contribution in [0.3, 0.4) is 0 Å². The molecule has 0 heterocycles. The van der Waals surface area contributed by atoms with Crippen LogP contribution in [0.4, 0.5) is 4.39 Å². The van der Waals surface area contributed by atoms with Gasteiger partial charge in [0.25, 0.3) is 0 Å². The number of halogens is 1. The lowest BCUT2D eigenvalue weighted by Crippen LogP contribution is -2.30. The van der Waals surface area contributed by atoms with E-state index in [9.17, 15) is 4.39 Å². The Kier molecular flexibility index (Phi) is 6.60. The molecule has 0 radical (unpaired) electrons. The molecule has 0 spiro atoms. The summed E-state index contributed by atoms with van der Waals surface area (Å²) in [5, 5.41) is 3.32. The van der Waals surface area contributed by atoms with Crippen molar-refractivity contribution in [1.82, 2.24) is 5.32 Å². The lowest BCUT2D eigenvalue weighted by Gasteiger charge is -2.16. The van der Waals surface area contributed by atoms with Crippen molar-refractivity contribution in [3.8, 4) is 0 Å². The molecule has 0 bridgehead atoms. The molecule has 1 nitrogen and oxygen atoms in total. The standard InChI is InChI=1S/C14H22FNS/c1-11(2)9-17-10-14(16-3)8-12-4-6-13(15)7-5-12/h4-7,11,14,16H,8-10H2,1-3H3. The lowest BCUT2D eigenvalue weighted by molar-refractivity contribution is 0.609. The Morgan fingerprint density at radius 3 is 2.35 bits per heavy atom. The van der Waals surface area contributed by atoms with Gasteiger partial charge in [-0.1, -0.05) is 26.0 Å². The molecule has 17 heavy (non-hydrogen) atoms. The second-order valence-electron chi connectivity index (χ2n) is 4.75. The normalized spacial score (nSPS) is 13.0. The van der Waals surface area contributed by atoms with Gasteiger partial charge in [0.05, 0.1) is 0 Å². The minimum atomic E-state index is -0.163. The van der Waals surface area contributed by atoms with E-state index in [0.717, 1.165) is 18.1 Å². The van der Waals surface area contributed by atoms with E-state index in [1.54, 1.807) is 0 Å². The maximum atomic E-state index is 12.8. The molecule has 0 fully saturated rings. The van der Waals surface area contributed by atoms with Crippen LogP contribution in [0, 0.1) is 11.7 Å². The van der Waals surface area contributed by atoms with Crippen molar-refractivity contribution in [2.75, 3.05) is 18.6 Å². The van der Waals surface area contributed by atoms with Gasteiger partial charge < -0.3 is 5.32 Å². The first-order valence-electron chi connectivity index (χ1n) is 6.11.